The van der Waals surface area contributed by atoms with Gasteiger partial charge in [-0.1, -0.05) is 0 Å². The molecule has 0 bridgehead atoms. The van der Waals surface area contributed by atoms with Crippen molar-refractivity contribution in [2.24, 2.45) is 0 Å². The van der Waals surface area contributed by atoms with Gasteiger partial charge in [-0.05, 0) is 52.8 Å². The van der Waals surface area contributed by atoms with E-state index in [-0.39, 0.29) is 5.97 Å². The third-order valence-corrected chi connectivity index (χ3v) is 3.13. The molecular formula is C18H23N3O3. The summed E-state index contributed by atoms with van der Waals surface area (Å²) in [7, 11) is 1.56. The van der Waals surface area contributed by atoms with Crippen LogP contribution in [0.4, 0.5) is 0 Å². The third kappa shape index (κ3) is 4.44. The highest BCUT2D eigenvalue weighted by Gasteiger charge is 2.17. The number of aryl methyl sites for hydroxylation is 1. The summed E-state index contributed by atoms with van der Waals surface area (Å²) in [5.41, 5.74) is 2.26. The predicted molar refractivity (Wildman–Crippen MR) is 92.1 cm³/mol. The molecule has 0 saturated heterocycles. The van der Waals surface area contributed by atoms with Crippen LogP contribution in [-0.2, 0) is 9.53 Å². The molecule has 0 aliphatic carbocycles. The van der Waals surface area contributed by atoms with Crippen molar-refractivity contribution in [3.8, 4) is 11.6 Å². The maximum atomic E-state index is 12.0. The summed E-state index contributed by atoms with van der Waals surface area (Å²) < 4.78 is 12.6. The number of carbonyl (C=O) groups is 1. The molecule has 2 rings (SSSR count). The Balaban J connectivity index is 2.29. The monoisotopic (exact) mass is 329 g/mol. The number of aromatic nitrogens is 3. The lowest BCUT2D eigenvalue weighted by atomic mass is 10.1. The average molecular weight is 329 g/mol. The van der Waals surface area contributed by atoms with Gasteiger partial charge in [0.15, 0.2) is 0 Å². The summed E-state index contributed by atoms with van der Waals surface area (Å²) in [6, 6.07) is 3.70. The molecule has 0 fully saturated rings. The van der Waals surface area contributed by atoms with Gasteiger partial charge in [-0.3, -0.25) is 0 Å². The number of imidazole rings is 1. The van der Waals surface area contributed by atoms with E-state index in [2.05, 4.69) is 9.97 Å². The number of rotatable bonds is 4. The largest absolute Gasteiger partial charge is 0.479 e. The Morgan fingerprint density at radius 3 is 2.54 bits per heavy atom. The minimum atomic E-state index is -0.527. The normalized spacial score (nSPS) is 12.2. The Bertz CT molecular complexity index is 770. The summed E-state index contributed by atoms with van der Waals surface area (Å²) in [4.78, 5) is 20.7. The van der Waals surface area contributed by atoms with Gasteiger partial charge in [0.05, 0.1) is 24.8 Å². The molecule has 0 aliphatic rings. The lowest BCUT2D eigenvalue weighted by Gasteiger charge is -2.19. The summed E-state index contributed by atoms with van der Waals surface area (Å²) in [5, 5.41) is 0. The quantitative estimate of drug-likeness (QED) is 0.636. The Hall–Kier alpha value is -2.63. The number of carbonyl (C=O) groups excluding carboxylic acids is 1. The van der Waals surface area contributed by atoms with Crippen LogP contribution >= 0.6 is 0 Å². The first-order chi connectivity index (χ1) is 11.2. The maximum Gasteiger partial charge on any atom is 0.334 e. The average Bonchev–Trinajstić information content (AvgIpc) is 2.91. The molecule has 128 valence electrons. The van der Waals surface area contributed by atoms with Crippen molar-refractivity contribution in [1.29, 1.82) is 0 Å². The minimum Gasteiger partial charge on any atom is -0.479 e. The van der Waals surface area contributed by atoms with Crippen molar-refractivity contribution >= 4 is 12.0 Å². The lowest BCUT2D eigenvalue weighted by Crippen LogP contribution is -2.24. The zero-order valence-corrected chi connectivity index (χ0v) is 15.0. The molecule has 0 saturated carbocycles. The molecular weight excluding hydrogens is 306 g/mol. The van der Waals surface area contributed by atoms with Gasteiger partial charge in [-0.2, -0.15) is 0 Å². The van der Waals surface area contributed by atoms with Crippen LogP contribution in [0.2, 0.25) is 0 Å². The van der Waals surface area contributed by atoms with E-state index < -0.39 is 5.60 Å². The van der Waals surface area contributed by atoms with Gasteiger partial charge in [0.25, 0.3) is 0 Å². The number of esters is 1. The number of nitrogens with zero attached hydrogens (tertiary/aromatic N) is 3. The van der Waals surface area contributed by atoms with Crippen LogP contribution in [0, 0.1) is 6.92 Å². The van der Waals surface area contributed by atoms with Crippen LogP contribution in [-0.4, -0.2) is 33.2 Å². The molecule has 0 aromatic carbocycles. The Kier molecular flexibility index (Phi) is 5.07. The topological polar surface area (TPSA) is 66.2 Å². The van der Waals surface area contributed by atoms with Crippen LogP contribution in [0.25, 0.3) is 11.8 Å². The summed E-state index contributed by atoms with van der Waals surface area (Å²) >= 11 is 0. The van der Waals surface area contributed by atoms with Crippen LogP contribution < -0.4 is 4.74 Å². The maximum absolute atomic E-state index is 12.0. The fourth-order valence-electron chi connectivity index (χ4n) is 2.07. The Labute approximate surface area is 142 Å². The van der Waals surface area contributed by atoms with Gasteiger partial charge < -0.3 is 14.0 Å². The SMILES string of the molecule is COc1nc(C=C(C)C(=O)OC(C)(C)C)ccc1-n1cnc(C)c1. The van der Waals surface area contributed by atoms with Gasteiger partial charge in [0, 0.05) is 11.8 Å². The van der Waals surface area contributed by atoms with Gasteiger partial charge in [-0.25, -0.2) is 14.8 Å². The van der Waals surface area contributed by atoms with Crippen molar-refractivity contribution < 1.29 is 14.3 Å². The molecule has 0 radical (unpaired) electrons. The van der Waals surface area contributed by atoms with E-state index in [1.165, 1.54) is 0 Å². The van der Waals surface area contributed by atoms with Crippen molar-refractivity contribution in [2.45, 2.75) is 40.2 Å². The van der Waals surface area contributed by atoms with E-state index in [0.717, 1.165) is 11.4 Å². The molecule has 0 atom stereocenters. The van der Waals surface area contributed by atoms with E-state index in [1.807, 2.05) is 50.6 Å². The smallest absolute Gasteiger partial charge is 0.334 e. The second-order valence-electron chi connectivity index (χ2n) is 6.52. The molecule has 6 nitrogen and oxygen atoms in total. The molecule has 0 N–H and O–H groups in total. The fraction of sp³-hybridized carbons (Fsp3) is 0.389. The molecule has 0 spiro atoms. The van der Waals surface area contributed by atoms with Crippen molar-refractivity contribution in [3.63, 3.8) is 0 Å². The second kappa shape index (κ2) is 6.86. The van der Waals surface area contributed by atoms with Crippen LogP contribution in [0.1, 0.15) is 39.1 Å². The molecule has 24 heavy (non-hydrogen) atoms. The fourth-order valence-corrected chi connectivity index (χ4v) is 2.07. The highest BCUT2D eigenvalue weighted by molar-refractivity contribution is 5.93. The molecule has 2 aromatic heterocycles. The van der Waals surface area contributed by atoms with E-state index >= 15 is 0 Å². The summed E-state index contributed by atoms with van der Waals surface area (Å²) in [5.74, 6) is 0.0933. The highest BCUT2D eigenvalue weighted by Crippen LogP contribution is 2.22. The van der Waals surface area contributed by atoms with E-state index in [1.54, 1.807) is 26.4 Å². The number of hydrogen-bond acceptors (Lipinski definition) is 5. The minimum absolute atomic E-state index is 0.363. The van der Waals surface area contributed by atoms with Gasteiger partial charge in [0.2, 0.25) is 5.88 Å². The molecule has 6 heteroatoms. The predicted octanol–water partition coefficient (Wildman–Crippen LogP) is 3.33. The zero-order valence-electron chi connectivity index (χ0n) is 15.0. The standard InChI is InChI=1S/C18H23N3O3/c1-12(17(22)24-18(3,4)5)9-14-7-8-15(16(20-14)23-6)21-10-13(2)19-11-21/h7-11H,1-6H3. The van der Waals surface area contributed by atoms with Gasteiger partial charge in [-0.15, -0.1) is 0 Å². The van der Waals surface area contributed by atoms with Crippen LogP contribution in [0.15, 0.2) is 30.2 Å². The molecule has 0 aliphatic heterocycles. The summed E-state index contributed by atoms with van der Waals surface area (Å²) in [6.45, 7) is 9.12. The van der Waals surface area contributed by atoms with Crippen molar-refractivity contribution in [2.75, 3.05) is 7.11 Å². The number of ether oxygens (including phenoxy) is 2. The highest BCUT2D eigenvalue weighted by atomic mass is 16.6. The second-order valence-corrected chi connectivity index (χ2v) is 6.52. The van der Waals surface area contributed by atoms with E-state index in [9.17, 15) is 4.79 Å². The number of hydrogen-bond donors (Lipinski definition) is 0. The van der Waals surface area contributed by atoms with Crippen molar-refractivity contribution in [1.82, 2.24) is 14.5 Å². The first-order valence-corrected chi connectivity index (χ1v) is 7.67. The molecule has 2 aromatic rings. The number of pyridine rings is 1. The first kappa shape index (κ1) is 17.7. The van der Waals surface area contributed by atoms with E-state index in [4.69, 9.17) is 9.47 Å². The lowest BCUT2D eigenvalue weighted by molar-refractivity contribution is -0.149. The first-order valence-electron chi connectivity index (χ1n) is 7.67. The van der Waals surface area contributed by atoms with Gasteiger partial charge >= 0.3 is 5.97 Å². The number of methoxy groups -OCH3 is 1. The van der Waals surface area contributed by atoms with Crippen molar-refractivity contribution in [3.05, 3.63) is 41.6 Å². The van der Waals surface area contributed by atoms with Crippen LogP contribution in [0.3, 0.4) is 0 Å². The Morgan fingerprint density at radius 1 is 1.29 bits per heavy atom. The molecule has 2 heterocycles. The molecule has 0 amide bonds. The third-order valence-electron chi connectivity index (χ3n) is 3.13. The Morgan fingerprint density at radius 2 is 2.00 bits per heavy atom. The zero-order chi connectivity index (χ0) is 17.9. The van der Waals surface area contributed by atoms with Gasteiger partial charge in [0.1, 0.15) is 11.3 Å². The van der Waals surface area contributed by atoms with E-state index in [0.29, 0.717) is 17.1 Å². The summed E-state index contributed by atoms with van der Waals surface area (Å²) in [6.07, 6.45) is 5.27. The molecule has 0 unspecified atom stereocenters. The van der Waals surface area contributed by atoms with Crippen LogP contribution in [0.5, 0.6) is 5.88 Å².